The first kappa shape index (κ1) is 10.3. The molecule has 2 nitrogen and oxygen atoms in total. The molecule has 74 valence electrons. The normalized spacial score (nSPS) is 20.7. The molecule has 0 fully saturated rings. The van der Waals surface area contributed by atoms with Crippen LogP contribution in [0.5, 0.6) is 0 Å². The van der Waals surface area contributed by atoms with E-state index in [0.717, 1.165) is 12.8 Å². The highest BCUT2D eigenvalue weighted by Crippen LogP contribution is 2.34. The van der Waals surface area contributed by atoms with Gasteiger partial charge in [-0.1, -0.05) is 19.9 Å². The van der Waals surface area contributed by atoms with Crippen LogP contribution in [0.3, 0.4) is 0 Å². The number of allylic oxidation sites excluding steroid dienone is 1. The van der Waals surface area contributed by atoms with E-state index in [1.54, 1.807) is 0 Å². The van der Waals surface area contributed by atoms with Crippen LogP contribution < -0.4 is 0 Å². The van der Waals surface area contributed by atoms with E-state index in [-0.39, 0.29) is 5.97 Å². The molecule has 0 N–H and O–H groups in total. The summed E-state index contributed by atoms with van der Waals surface area (Å²) >= 11 is 0. The molecule has 13 heavy (non-hydrogen) atoms. The average Bonchev–Trinajstić information content (AvgIpc) is 1.99. The van der Waals surface area contributed by atoms with Gasteiger partial charge in [0.25, 0.3) is 0 Å². The molecule has 1 aliphatic rings. The second kappa shape index (κ2) is 3.95. The van der Waals surface area contributed by atoms with Crippen LogP contribution in [0.4, 0.5) is 0 Å². The molecule has 1 rings (SSSR count). The Labute approximate surface area is 80.0 Å². The second-order valence-electron chi connectivity index (χ2n) is 4.52. The van der Waals surface area contributed by atoms with Crippen molar-refractivity contribution in [1.29, 1.82) is 0 Å². The van der Waals surface area contributed by atoms with Gasteiger partial charge in [0.15, 0.2) is 0 Å². The predicted molar refractivity (Wildman–Crippen MR) is 52.3 cm³/mol. The summed E-state index contributed by atoms with van der Waals surface area (Å²) in [6, 6.07) is 0. The van der Waals surface area contributed by atoms with Crippen molar-refractivity contribution in [3.63, 3.8) is 0 Å². The summed E-state index contributed by atoms with van der Waals surface area (Å²) < 4.78 is 4.97. The molecule has 0 aromatic rings. The maximum absolute atomic E-state index is 10.6. The quantitative estimate of drug-likeness (QED) is 0.485. The maximum Gasteiger partial charge on any atom is 0.302 e. The number of carbonyl (C=O) groups excluding carboxylic acids is 1. The van der Waals surface area contributed by atoms with Crippen LogP contribution in [0.15, 0.2) is 11.6 Å². The van der Waals surface area contributed by atoms with Crippen molar-refractivity contribution in [2.45, 2.75) is 40.0 Å². The Morgan fingerprint density at radius 3 is 2.85 bits per heavy atom. The Balaban J connectivity index is 2.42. The minimum absolute atomic E-state index is 0.190. The maximum atomic E-state index is 10.6. The van der Waals surface area contributed by atoms with Crippen LogP contribution in [0.25, 0.3) is 0 Å². The molecule has 0 aromatic heterocycles. The van der Waals surface area contributed by atoms with E-state index in [0.29, 0.717) is 12.0 Å². The zero-order valence-corrected chi connectivity index (χ0v) is 8.72. The Kier molecular flexibility index (Phi) is 3.12. The van der Waals surface area contributed by atoms with Crippen LogP contribution >= 0.6 is 0 Å². The number of ether oxygens (including phenoxy) is 1. The van der Waals surface area contributed by atoms with E-state index in [1.165, 1.54) is 18.9 Å². The standard InChI is InChI=1S/C11H18O2/c1-9(12)13-8-10-5-4-6-11(2,3)7-10/h5H,4,6-8H2,1-3H3. The third kappa shape index (κ3) is 3.62. The van der Waals surface area contributed by atoms with Gasteiger partial charge in [0.05, 0.1) is 0 Å². The van der Waals surface area contributed by atoms with Gasteiger partial charge in [0.2, 0.25) is 0 Å². The average molecular weight is 182 g/mol. The second-order valence-corrected chi connectivity index (χ2v) is 4.52. The molecule has 0 amide bonds. The van der Waals surface area contributed by atoms with Gasteiger partial charge < -0.3 is 4.74 Å². The SMILES string of the molecule is CC(=O)OCC1=CCCC(C)(C)C1. The van der Waals surface area contributed by atoms with E-state index < -0.39 is 0 Å². The molecule has 0 aromatic carbocycles. The van der Waals surface area contributed by atoms with E-state index >= 15 is 0 Å². The lowest BCUT2D eigenvalue weighted by atomic mass is 9.77. The van der Waals surface area contributed by atoms with Gasteiger partial charge in [-0.25, -0.2) is 0 Å². The lowest BCUT2D eigenvalue weighted by Crippen LogP contribution is -2.18. The first-order valence-corrected chi connectivity index (χ1v) is 4.81. The number of hydrogen-bond acceptors (Lipinski definition) is 2. The first-order valence-electron chi connectivity index (χ1n) is 4.81. The Morgan fingerprint density at radius 1 is 1.62 bits per heavy atom. The fourth-order valence-electron chi connectivity index (χ4n) is 1.75. The molecular weight excluding hydrogens is 164 g/mol. The lowest BCUT2D eigenvalue weighted by Gasteiger charge is -2.29. The van der Waals surface area contributed by atoms with Crippen molar-refractivity contribution in [1.82, 2.24) is 0 Å². The van der Waals surface area contributed by atoms with Crippen molar-refractivity contribution in [3.8, 4) is 0 Å². The summed E-state index contributed by atoms with van der Waals surface area (Å²) in [6.45, 7) is 6.45. The minimum Gasteiger partial charge on any atom is -0.461 e. The molecule has 2 heteroatoms. The van der Waals surface area contributed by atoms with Gasteiger partial charge in [-0.2, -0.15) is 0 Å². The summed E-state index contributed by atoms with van der Waals surface area (Å²) in [4.78, 5) is 10.6. The first-order chi connectivity index (χ1) is 5.99. The van der Waals surface area contributed by atoms with Gasteiger partial charge in [-0.05, 0) is 30.3 Å². The molecule has 0 aliphatic heterocycles. The molecular formula is C11H18O2. The molecule has 0 saturated heterocycles. The minimum atomic E-state index is -0.190. The van der Waals surface area contributed by atoms with Crippen LogP contribution in [0, 0.1) is 5.41 Å². The highest BCUT2D eigenvalue weighted by Gasteiger charge is 2.22. The third-order valence-electron chi connectivity index (χ3n) is 2.42. The number of carbonyl (C=O) groups is 1. The van der Waals surface area contributed by atoms with Crippen LogP contribution in [-0.4, -0.2) is 12.6 Å². The molecule has 1 aliphatic carbocycles. The van der Waals surface area contributed by atoms with Gasteiger partial charge >= 0.3 is 5.97 Å². The summed E-state index contributed by atoms with van der Waals surface area (Å²) in [6.07, 6.45) is 5.61. The number of hydrogen-bond donors (Lipinski definition) is 0. The zero-order valence-electron chi connectivity index (χ0n) is 8.72. The van der Waals surface area contributed by atoms with Gasteiger partial charge in [-0.3, -0.25) is 4.79 Å². The zero-order chi connectivity index (χ0) is 9.90. The fourth-order valence-corrected chi connectivity index (χ4v) is 1.75. The largest absolute Gasteiger partial charge is 0.461 e. The highest BCUT2D eigenvalue weighted by atomic mass is 16.5. The van der Waals surface area contributed by atoms with E-state index in [4.69, 9.17) is 4.74 Å². The monoisotopic (exact) mass is 182 g/mol. The Hall–Kier alpha value is -0.790. The summed E-state index contributed by atoms with van der Waals surface area (Å²) in [7, 11) is 0. The number of rotatable bonds is 2. The van der Waals surface area contributed by atoms with E-state index in [1.807, 2.05) is 0 Å². The van der Waals surface area contributed by atoms with Crippen LogP contribution in [0.2, 0.25) is 0 Å². The van der Waals surface area contributed by atoms with Gasteiger partial charge in [-0.15, -0.1) is 0 Å². The number of esters is 1. The van der Waals surface area contributed by atoms with Crippen molar-refractivity contribution in [2.75, 3.05) is 6.61 Å². The Bertz CT molecular complexity index is 226. The van der Waals surface area contributed by atoms with Crippen molar-refractivity contribution in [2.24, 2.45) is 5.41 Å². The molecule has 0 spiro atoms. The molecule has 0 bridgehead atoms. The molecule has 0 radical (unpaired) electrons. The summed E-state index contributed by atoms with van der Waals surface area (Å²) in [5.41, 5.74) is 1.65. The third-order valence-corrected chi connectivity index (χ3v) is 2.42. The smallest absolute Gasteiger partial charge is 0.302 e. The lowest BCUT2D eigenvalue weighted by molar-refractivity contribution is -0.140. The van der Waals surface area contributed by atoms with Crippen molar-refractivity contribution >= 4 is 5.97 Å². The molecule has 0 atom stereocenters. The molecule has 0 heterocycles. The van der Waals surface area contributed by atoms with Crippen LogP contribution in [0.1, 0.15) is 40.0 Å². The highest BCUT2D eigenvalue weighted by molar-refractivity contribution is 5.66. The van der Waals surface area contributed by atoms with E-state index in [9.17, 15) is 4.79 Å². The topological polar surface area (TPSA) is 26.3 Å². The fraction of sp³-hybridized carbons (Fsp3) is 0.727. The van der Waals surface area contributed by atoms with Crippen molar-refractivity contribution < 1.29 is 9.53 Å². The summed E-state index contributed by atoms with van der Waals surface area (Å²) in [5, 5.41) is 0. The molecule has 0 saturated carbocycles. The van der Waals surface area contributed by atoms with Crippen LogP contribution in [-0.2, 0) is 9.53 Å². The molecule has 0 unspecified atom stereocenters. The summed E-state index contributed by atoms with van der Waals surface area (Å²) in [5.74, 6) is -0.190. The Morgan fingerprint density at radius 2 is 2.31 bits per heavy atom. The predicted octanol–water partition coefficient (Wildman–Crippen LogP) is 2.69. The van der Waals surface area contributed by atoms with E-state index in [2.05, 4.69) is 19.9 Å². The van der Waals surface area contributed by atoms with Crippen molar-refractivity contribution in [3.05, 3.63) is 11.6 Å². The van der Waals surface area contributed by atoms with Gasteiger partial charge in [0, 0.05) is 6.92 Å². The van der Waals surface area contributed by atoms with Gasteiger partial charge in [0.1, 0.15) is 6.61 Å².